The fourth-order valence-corrected chi connectivity index (χ4v) is 4.82. The van der Waals surface area contributed by atoms with Crippen molar-refractivity contribution in [3.63, 3.8) is 0 Å². The molecule has 1 aromatic carbocycles. The number of benzene rings is 1. The molecule has 1 heterocycles. The molecule has 1 aliphatic rings. The van der Waals surface area contributed by atoms with E-state index < -0.39 is 0 Å². The first-order chi connectivity index (χ1) is 14.9. The number of anilines is 2. The summed E-state index contributed by atoms with van der Waals surface area (Å²) in [4.78, 5) is 15.0. The first-order valence-corrected chi connectivity index (χ1v) is 11.9. The molecule has 31 heavy (non-hydrogen) atoms. The third-order valence-corrected chi connectivity index (χ3v) is 7.01. The van der Waals surface area contributed by atoms with Crippen LogP contribution in [0.5, 0.6) is 0 Å². The lowest BCUT2D eigenvalue weighted by Gasteiger charge is -2.34. The average molecular weight is 430 g/mol. The van der Waals surface area contributed by atoms with Gasteiger partial charge < -0.3 is 20.2 Å². The second-order valence-corrected chi connectivity index (χ2v) is 8.85. The fourth-order valence-electron chi connectivity index (χ4n) is 4.82. The highest BCUT2D eigenvalue weighted by atomic mass is 16.5. The average Bonchev–Trinajstić information content (AvgIpc) is 3.03. The van der Waals surface area contributed by atoms with E-state index in [9.17, 15) is 10.0 Å². The van der Waals surface area contributed by atoms with Gasteiger partial charge >= 0.3 is 5.97 Å². The van der Waals surface area contributed by atoms with E-state index in [1.165, 1.54) is 32.1 Å². The normalized spacial score (nSPS) is 14.9. The summed E-state index contributed by atoms with van der Waals surface area (Å²) in [7, 11) is 2.16. The first kappa shape index (κ1) is 23.3. The Morgan fingerprint density at radius 1 is 1.23 bits per heavy atom. The first-order valence-electron chi connectivity index (χ1n) is 11.9. The highest BCUT2D eigenvalue weighted by molar-refractivity contribution is 6.08. The Labute approximate surface area is 186 Å². The van der Waals surface area contributed by atoms with E-state index in [1.54, 1.807) is 13.8 Å². The van der Waals surface area contributed by atoms with E-state index in [2.05, 4.69) is 37.2 Å². The summed E-state index contributed by atoms with van der Waals surface area (Å²) in [6.07, 6.45) is 8.45. The fraction of sp³-hybridized carbons (Fsp3) is 0.640. The van der Waals surface area contributed by atoms with Gasteiger partial charge in [0.25, 0.3) is 0 Å². The number of ether oxygens (including phenoxy) is 1. The van der Waals surface area contributed by atoms with E-state index >= 15 is 0 Å². The third kappa shape index (κ3) is 4.78. The van der Waals surface area contributed by atoms with Gasteiger partial charge in [-0.25, -0.2) is 4.79 Å². The number of rotatable bonds is 9. The van der Waals surface area contributed by atoms with Gasteiger partial charge in [-0.3, -0.25) is 0 Å². The number of nitrogens with one attached hydrogen (secondary N) is 1. The second kappa shape index (κ2) is 10.3. The predicted octanol–water partition coefficient (Wildman–Crippen LogP) is 5.98. The molecule has 0 aliphatic heterocycles. The molecule has 1 aromatic heterocycles. The molecule has 0 saturated heterocycles. The standard InChI is InChI=1S/C25H39N3O3/c1-6-18(7-2)16-26-21-15-22-20(24(17(4)28(22)30)25(29)31-8-3)14-23(21)27(5)19-12-10-9-11-13-19/h14-15,18-19,26,30H,6-13,16H2,1-5H3. The quantitative estimate of drug-likeness (QED) is 0.379. The molecule has 0 atom stereocenters. The number of nitrogens with zero attached hydrogens (tertiary/aromatic N) is 2. The number of hydrogen-bond acceptors (Lipinski definition) is 5. The zero-order chi connectivity index (χ0) is 22.5. The van der Waals surface area contributed by atoms with Crippen molar-refractivity contribution < 1.29 is 14.7 Å². The maximum atomic E-state index is 12.7. The number of carbonyl (C=O) groups excluding carboxylic acids is 1. The lowest BCUT2D eigenvalue weighted by Crippen LogP contribution is -2.34. The van der Waals surface area contributed by atoms with Crippen LogP contribution in [0.2, 0.25) is 0 Å². The van der Waals surface area contributed by atoms with Gasteiger partial charge in [0, 0.05) is 25.0 Å². The Balaban J connectivity index is 2.10. The summed E-state index contributed by atoms with van der Waals surface area (Å²) >= 11 is 0. The monoisotopic (exact) mass is 429 g/mol. The maximum Gasteiger partial charge on any atom is 0.340 e. The van der Waals surface area contributed by atoms with E-state index in [0.29, 0.717) is 35.3 Å². The van der Waals surface area contributed by atoms with Gasteiger partial charge in [-0.05, 0) is 44.7 Å². The van der Waals surface area contributed by atoms with E-state index in [4.69, 9.17) is 4.74 Å². The van der Waals surface area contributed by atoms with E-state index in [1.807, 2.05) is 6.07 Å². The molecule has 1 saturated carbocycles. The second-order valence-electron chi connectivity index (χ2n) is 8.85. The van der Waals surface area contributed by atoms with Crippen LogP contribution in [0.3, 0.4) is 0 Å². The molecule has 0 radical (unpaired) electrons. The smallest absolute Gasteiger partial charge is 0.340 e. The number of carbonyl (C=O) groups is 1. The van der Waals surface area contributed by atoms with Gasteiger partial charge in [-0.15, -0.1) is 0 Å². The summed E-state index contributed by atoms with van der Waals surface area (Å²) in [6.45, 7) is 9.20. The zero-order valence-corrected chi connectivity index (χ0v) is 19.8. The van der Waals surface area contributed by atoms with Crippen molar-refractivity contribution in [1.82, 2.24) is 4.73 Å². The number of fused-ring (bicyclic) bond motifs is 1. The van der Waals surface area contributed by atoms with Crippen LogP contribution >= 0.6 is 0 Å². The third-order valence-electron chi connectivity index (χ3n) is 7.01. The zero-order valence-electron chi connectivity index (χ0n) is 19.8. The van der Waals surface area contributed by atoms with Crippen LogP contribution in [0.1, 0.15) is 81.8 Å². The number of esters is 1. The van der Waals surface area contributed by atoms with Crippen molar-refractivity contribution in [1.29, 1.82) is 0 Å². The molecule has 6 nitrogen and oxygen atoms in total. The van der Waals surface area contributed by atoms with Crippen LogP contribution in [0.25, 0.3) is 10.9 Å². The van der Waals surface area contributed by atoms with Crippen LogP contribution in [0.15, 0.2) is 12.1 Å². The van der Waals surface area contributed by atoms with Crippen molar-refractivity contribution in [2.75, 3.05) is 30.4 Å². The highest BCUT2D eigenvalue weighted by Crippen LogP contribution is 2.38. The maximum absolute atomic E-state index is 12.7. The van der Waals surface area contributed by atoms with Gasteiger partial charge in [0.15, 0.2) is 0 Å². The summed E-state index contributed by atoms with van der Waals surface area (Å²) in [6, 6.07) is 4.54. The van der Waals surface area contributed by atoms with Crippen LogP contribution < -0.4 is 10.2 Å². The summed E-state index contributed by atoms with van der Waals surface area (Å²) in [5.41, 5.74) is 3.69. The van der Waals surface area contributed by atoms with Crippen molar-refractivity contribution in [2.45, 2.75) is 78.7 Å². The molecule has 1 aliphatic carbocycles. The van der Waals surface area contributed by atoms with Crippen molar-refractivity contribution in [3.05, 3.63) is 23.4 Å². The SMILES string of the molecule is CCOC(=O)c1c(C)n(O)c2cc(NCC(CC)CC)c(N(C)C3CCCCC3)cc12. The number of hydrogen-bond donors (Lipinski definition) is 2. The lowest BCUT2D eigenvalue weighted by molar-refractivity contribution is 0.0525. The van der Waals surface area contributed by atoms with Gasteiger partial charge in [0.05, 0.1) is 34.8 Å². The van der Waals surface area contributed by atoms with E-state index in [0.717, 1.165) is 40.9 Å². The Morgan fingerprint density at radius 3 is 2.52 bits per heavy atom. The van der Waals surface area contributed by atoms with E-state index in [-0.39, 0.29) is 5.97 Å². The molecule has 2 N–H and O–H groups in total. The summed E-state index contributed by atoms with van der Waals surface area (Å²) < 4.78 is 6.41. The van der Waals surface area contributed by atoms with Gasteiger partial charge in [-0.2, -0.15) is 4.73 Å². The molecule has 1 fully saturated rings. The minimum absolute atomic E-state index is 0.306. The van der Waals surface area contributed by atoms with Crippen LogP contribution in [-0.2, 0) is 4.74 Å². The minimum Gasteiger partial charge on any atom is -0.462 e. The lowest BCUT2D eigenvalue weighted by atomic mass is 9.94. The predicted molar refractivity (Wildman–Crippen MR) is 128 cm³/mol. The summed E-state index contributed by atoms with van der Waals surface area (Å²) in [5, 5.41) is 15.1. The topological polar surface area (TPSA) is 66.7 Å². The summed E-state index contributed by atoms with van der Waals surface area (Å²) in [5.74, 6) is 0.211. The Morgan fingerprint density at radius 2 is 1.90 bits per heavy atom. The van der Waals surface area contributed by atoms with Gasteiger partial charge in [0.2, 0.25) is 0 Å². The van der Waals surface area contributed by atoms with Crippen molar-refractivity contribution >= 4 is 28.2 Å². The molecule has 0 amide bonds. The molecular weight excluding hydrogens is 390 g/mol. The molecule has 3 rings (SSSR count). The number of aromatic nitrogens is 1. The largest absolute Gasteiger partial charge is 0.462 e. The van der Waals surface area contributed by atoms with Gasteiger partial charge in [0.1, 0.15) is 0 Å². The molecule has 0 bridgehead atoms. The van der Waals surface area contributed by atoms with Crippen molar-refractivity contribution in [3.8, 4) is 0 Å². The van der Waals surface area contributed by atoms with Crippen molar-refractivity contribution in [2.24, 2.45) is 5.92 Å². The molecule has 6 heteroatoms. The highest BCUT2D eigenvalue weighted by Gasteiger charge is 2.26. The molecule has 2 aromatic rings. The Hall–Kier alpha value is -2.37. The Kier molecular flexibility index (Phi) is 7.74. The molecule has 172 valence electrons. The Bertz CT molecular complexity index is 895. The van der Waals surface area contributed by atoms with Gasteiger partial charge in [-0.1, -0.05) is 46.0 Å². The minimum atomic E-state index is -0.387. The molecule has 0 unspecified atom stereocenters. The van der Waals surface area contributed by atoms with Crippen LogP contribution in [-0.4, -0.2) is 42.1 Å². The molecular formula is C25H39N3O3. The van der Waals surface area contributed by atoms with Crippen LogP contribution in [0.4, 0.5) is 11.4 Å². The molecule has 0 spiro atoms. The van der Waals surface area contributed by atoms with Crippen LogP contribution in [0, 0.1) is 12.8 Å².